The van der Waals surface area contributed by atoms with E-state index in [-0.39, 0.29) is 0 Å². The summed E-state index contributed by atoms with van der Waals surface area (Å²) >= 11 is 0. The number of hydrogen-bond donors (Lipinski definition) is 1. The highest BCUT2D eigenvalue weighted by molar-refractivity contribution is 5.39. The van der Waals surface area contributed by atoms with Crippen molar-refractivity contribution in [2.24, 2.45) is 0 Å². The Labute approximate surface area is 119 Å². The molecule has 20 heavy (non-hydrogen) atoms. The molecule has 0 spiro atoms. The molecule has 1 aromatic carbocycles. The Kier molecular flexibility index (Phi) is 3.74. The molecule has 0 unspecified atom stereocenters. The molecular weight excluding hydrogens is 250 g/mol. The molecule has 1 N–H and O–H groups in total. The van der Waals surface area contributed by atoms with Gasteiger partial charge in [0.1, 0.15) is 5.75 Å². The monoisotopic (exact) mass is 271 g/mol. The first kappa shape index (κ1) is 13.2. The zero-order valence-corrected chi connectivity index (χ0v) is 12.1. The predicted molar refractivity (Wildman–Crippen MR) is 79.7 cm³/mol. The number of nitrogens with one attached hydrogen (secondary N) is 1. The summed E-state index contributed by atoms with van der Waals surface area (Å²) < 4.78 is 7.22. The Bertz CT molecular complexity index is 568. The number of benzene rings is 1. The Morgan fingerprint density at radius 1 is 1.20 bits per heavy atom. The predicted octanol–water partition coefficient (Wildman–Crippen LogP) is 2.66. The molecule has 0 bridgehead atoms. The fourth-order valence-electron chi connectivity index (χ4n) is 2.94. The summed E-state index contributed by atoms with van der Waals surface area (Å²) in [4.78, 5) is 0. The van der Waals surface area contributed by atoms with Crippen molar-refractivity contribution in [2.75, 3.05) is 20.2 Å². The van der Waals surface area contributed by atoms with Gasteiger partial charge in [0, 0.05) is 5.69 Å². The smallest absolute Gasteiger partial charge is 0.119 e. The van der Waals surface area contributed by atoms with Crippen molar-refractivity contribution < 1.29 is 4.74 Å². The minimum atomic E-state index is 0.642. The van der Waals surface area contributed by atoms with Gasteiger partial charge in [-0.3, -0.25) is 0 Å². The Morgan fingerprint density at radius 3 is 2.55 bits per heavy atom. The van der Waals surface area contributed by atoms with Gasteiger partial charge in [0.25, 0.3) is 0 Å². The number of aromatic nitrogens is 2. The van der Waals surface area contributed by atoms with Crippen LogP contribution in [0, 0.1) is 6.92 Å². The third-order valence-corrected chi connectivity index (χ3v) is 4.14. The molecule has 2 aromatic rings. The number of piperidine rings is 1. The Hall–Kier alpha value is -1.81. The lowest BCUT2D eigenvalue weighted by molar-refractivity contribution is 0.414. The van der Waals surface area contributed by atoms with Gasteiger partial charge in [-0.15, -0.1) is 0 Å². The molecule has 1 aromatic heterocycles. The maximum Gasteiger partial charge on any atom is 0.119 e. The maximum absolute atomic E-state index is 5.20. The molecule has 0 saturated carbocycles. The zero-order valence-electron chi connectivity index (χ0n) is 12.1. The van der Waals surface area contributed by atoms with E-state index in [1.165, 1.54) is 24.1 Å². The first-order valence-corrected chi connectivity index (χ1v) is 7.19. The van der Waals surface area contributed by atoms with Gasteiger partial charge in [0.05, 0.1) is 19.0 Å². The summed E-state index contributed by atoms with van der Waals surface area (Å²) in [6.07, 6.45) is 4.44. The molecular formula is C16H21N3O. The van der Waals surface area contributed by atoms with Crippen LogP contribution in [-0.2, 0) is 0 Å². The van der Waals surface area contributed by atoms with Crippen LogP contribution in [-0.4, -0.2) is 30.0 Å². The molecule has 1 fully saturated rings. The number of rotatable bonds is 3. The fourth-order valence-corrected chi connectivity index (χ4v) is 2.94. The summed E-state index contributed by atoms with van der Waals surface area (Å²) in [5, 5.41) is 7.99. The van der Waals surface area contributed by atoms with E-state index in [1.807, 2.05) is 35.1 Å². The van der Waals surface area contributed by atoms with Crippen molar-refractivity contribution in [3.63, 3.8) is 0 Å². The van der Waals surface area contributed by atoms with E-state index in [0.717, 1.165) is 24.5 Å². The second-order valence-electron chi connectivity index (χ2n) is 5.32. The quantitative estimate of drug-likeness (QED) is 0.933. The fraction of sp³-hybridized carbons (Fsp3) is 0.438. The van der Waals surface area contributed by atoms with Gasteiger partial charge in [0.15, 0.2) is 0 Å². The van der Waals surface area contributed by atoms with Crippen molar-refractivity contribution in [2.45, 2.75) is 25.7 Å². The largest absolute Gasteiger partial charge is 0.497 e. The molecule has 4 nitrogen and oxygen atoms in total. The molecule has 2 heterocycles. The van der Waals surface area contributed by atoms with Crippen molar-refractivity contribution >= 4 is 0 Å². The highest BCUT2D eigenvalue weighted by Gasteiger charge is 2.20. The van der Waals surface area contributed by atoms with Gasteiger partial charge in [-0.1, -0.05) is 0 Å². The summed E-state index contributed by atoms with van der Waals surface area (Å²) in [7, 11) is 1.68. The zero-order chi connectivity index (χ0) is 13.9. The van der Waals surface area contributed by atoms with E-state index in [4.69, 9.17) is 4.74 Å². The van der Waals surface area contributed by atoms with Crippen molar-refractivity contribution in [3.05, 3.63) is 41.7 Å². The third kappa shape index (κ3) is 2.43. The van der Waals surface area contributed by atoms with Gasteiger partial charge in [-0.2, -0.15) is 5.10 Å². The average molecular weight is 271 g/mol. The van der Waals surface area contributed by atoms with E-state index in [0.29, 0.717) is 5.92 Å². The first-order valence-electron chi connectivity index (χ1n) is 7.19. The SMILES string of the molecule is COc1ccc(-n2ncc(C3CCNCC3)c2C)cc1. The summed E-state index contributed by atoms with van der Waals surface area (Å²) in [6.45, 7) is 4.38. The van der Waals surface area contributed by atoms with E-state index in [2.05, 4.69) is 17.3 Å². The van der Waals surface area contributed by atoms with E-state index < -0.39 is 0 Å². The molecule has 0 radical (unpaired) electrons. The lowest BCUT2D eigenvalue weighted by atomic mass is 9.91. The topological polar surface area (TPSA) is 39.1 Å². The molecule has 1 aliphatic heterocycles. The Morgan fingerprint density at radius 2 is 1.90 bits per heavy atom. The van der Waals surface area contributed by atoms with Gasteiger partial charge in [0.2, 0.25) is 0 Å². The molecule has 0 amide bonds. The average Bonchev–Trinajstić information content (AvgIpc) is 2.90. The first-order chi connectivity index (χ1) is 9.79. The van der Waals surface area contributed by atoms with Gasteiger partial charge in [-0.05, 0) is 68.6 Å². The number of ether oxygens (including phenoxy) is 1. The minimum absolute atomic E-state index is 0.642. The normalized spacial score (nSPS) is 16.3. The van der Waals surface area contributed by atoms with Crippen molar-refractivity contribution in [1.29, 1.82) is 0 Å². The van der Waals surface area contributed by atoms with Crippen LogP contribution in [0.5, 0.6) is 5.75 Å². The summed E-state index contributed by atoms with van der Waals surface area (Å²) in [5.41, 5.74) is 3.73. The van der Waals surface area contributed by atoms with E-state index in [9.17, 15) is 0 Å². The lowest BCUT2D eigenvalue weighted by Gasteiger charge is -2.22. The third-order valence-electron chi connectivity index (χ3n) is 4.14. The lowest BCUT2D eigenvalue weighted by Crippen LogP contribution is -2.26. The van der Waals surface area contributed by atoms with Gasteiger partial charge >= 0.3 is 0 Å². The second-order valence-corrected chi connectivity index (χ2v) is 5.32. The van der Waals surface area contributed by atoms with Crippen LogP contribution in [0.3, 0.4) is 0 Å². The number of hydrogen-bond acceptors (Lipinski definition) is 3. The second kappa shape index (κ2) is 5.67. The highest BCUT2D eigenvalue weighted by atomic mass is 16.5. The van der Waals surface area contributed by atoms with Crippen LogP contribution >= 0.6 is 0 Å². The Balaban J connectivity index is 1.88. The molecule has 106 valence electrons. The molecule has 1 aliphatic rings. The van der Waals surface area contributed by atoms with Crippen LogP contribution in [0.25, 0.3) is 5.69 Å². The van der Waals surface area contributed by atoms with Crippen LogP contribution in [0.1, 0.15) is 30.0 Å². The van der Waals surface area contributed by atoms with Gasteiger partial charge < -0.3 is 10.1 Å². The maximum atomic E-state index is 5.20. The summed E-state index contributed by atoms with van der Waals surface area (Å²) in [5.74, 6) is 1.51. The number of nitrogens with zero attached hydrogens (tertiary/aromatic N) is 2. The standard InChI is InChI=1S/C16H21N3O/c1-12-16(13-7-9-17-10-8-13)11-18-19(12)14-3-5-15(20-2)6-4-14/h3-6,11,13,17H,7-10H2,1-2H3. The van der Waals surface area contributed by atoms with Crippen molar-refractivity contribution in [1.82, 2.24) is 15.1 Å². The van der Waals surface area contributed by atoms with E-state index in [1.54, 1.807) is 7.11 Å². The molecule has 0 atom stereocenters. The summed E-state index contributed by atoms with van der Waals surface area (Å²) in [6, 6.07) is 8.04. The van der Waals surface area contributed by atoms with Crippen LogP contribution in [0.15, 0.2) is 30.5 Å². The highest BCUT2D eigenvalue weighted by Crippen LogP contribution is 2.29. The minimum Gasteiger partial charge on any atom is -0.497 e. The van der Waals surface area contributed by atoms with Crippen LogP contribution in [0.4, 0.5) is 0 Å². The van der Waals surface area contributed by atoms with Crippen molar-refractivity contribution in [3.8, 4) is 11.4 Å². The van der Waals surface area contributed by atoms with Crippen LogP contribution < -0.4 is 10.1 Å². The van der Waals surface area contributed by atoms with E-state index >= 15 is 0 Å². The number of methoxy groups -OCH3 is 1. The molecule has 1 saturated heterocycles. The van der Waals surface area contributed by atoms with Gasteiger partial charge in [-0.25, -0.2) is 4.68 Å². The molecule has 4 heteroatoms. The van der Waals surface area contributed by atoms with Crippen LogP contribution in [0.2, 0.25) is 0 Å². The molecule has 0 aliphatic carbocycles. The molecule has 3 rings (SSSR count).